The lowest BCUT2D eigenvalue weighted by Crippen LogP contribution is -2.12. The molecule has 1 unspecified atom stereocenters. The molecule has 0 aliphatic carbocycles. The molecular weight excluding hydrogens is 251 g/mol. The Morgan fingerprint density at radius 1 is 1.53 bits per heavy atom. The highest BCUT2D eigenvalue weighted by atomic mass is 19.1. The summed E-state index contributed by atoms with van der Waals surface area (Å²) in [5, 5.41) is 11.9. The maximum Gasteiger partial charge on any atom is 0.339 e. The molecule has 2 rings (SSSR count). The van der Waals surface area contributed by atoms with Crippen LogP contribution in [0, 0.1) is 12.7 Å². The first-order valence-corrected chi connectivity index (χ1v) is 5.69. The van der Waals surface area contributed by atoms with Crippen molar-refractivity contribution < 1.29 is 18.7 Å². The maximum absolute atomic E-state index is 13.0. The van der Waals surface area contributed by atoms with Gasteiger partial charge in [-0.2, -0.15) is 0 Å². The Morgan fingerprint density at radius 2 is 2.26 bits per heavy atom. The average molecular weight is 264 g/mol. The van der Waals surface area contributed by atoms with Crippen LogP contribution in [0.1, 0.15) is 34.8 Å². The molecule has 2 aromatic rings. The van der Waals surface area contributed by atoms with Gasteiger partial charge in [-0.3, -0.25) is 0 Å². The number of hydrogen-bond donors (Lipinski definition) is 2. The molecule has 6 heteroatoms. The molecule has 0 radical (unpaired) electrons. The molecule has 100 valence electrons. The van der Waals surface area contributed by atoms with Gasteiger partial charge in [-0.1, -0.05) is 0 Å². The molecule has 5 nitrogen and oxygen atoms in total. The number of nitrogens with one attached hydrogen (secondary N) is 1. The van der Waals surface area contributed by atoms with Gasteiger partial charge in [0.25, 0.3) is 0 Å². The van der Waals surface area contributed by atoms with E-state index in [1.54, 1.807) is 13.0 Å². The molecule has 2 aromatic heterocycles. The van der Waals surface area contributed by atoms with E-state index in [9.17, 15) is 9.18 Å². The van der Waals surface area contributed by atoms with E-state index < -0.39 is 11.8 Å². The van der Waals surface area contributed by atoms with Gasteiger partial charge in [0.2, 0.25) is 0 Å². The Labute approximate surface area is 109 Å². The van der Waals surface area contributed by atoms with Crippen LogP contribution in [0.2, 0.25) is 0 Å². The fraction of sp³-hybridized carbons (Fsp3) is 0.231. The monoisotopic (exact) mass is 264 g/mol. The van der Waals surface area contributed by atoms with Crippen molar-refractivity contribution in [3.8, 4) is 0 Å². The van der Waals surface area contributed by atoms with Crippen molar-refractivity contribution in [2.75, 3.05) is 5.32 Å². The second kappa shape index (κ2) is 5.09. The Balaban J connectivity index is 2.26. The van der Waals surface area contributed by atoms with Crippen LogP contribution >= 0.6 is 0 Å². The highest BCUT2D eigenvalue weighted by Gasteiger charge is 2.16. The molecule has 0 spiro atoms. The lowest BCUT2D eigenvalue weighted by atomic mass is 10.2. The van der Waals surface area contributed by atoms with Crippen LogP contribution in [0.25, 0.3) is 0 Å². The topological polar surface area (TPSA) is 75.4 Å². The van der Waals surface area contributed by atoms with Crippen LogP contribution in [0.3, 0.4) is 0 Å². The zero-order chi connectivity index (χ0) is 14.0. The Hall–Kier alpha value is -2.37. The Bertz CT molecular complexity index is 610. The molecule has 0 aliphatic heterocycles. The number of hydrogen-bond acceptors (Lipinski definition) is 4. The number of anilines is 1. The second-order valence-corrected chi connectivity index (χ2v) is 4.17. The van der Waals surface area contributed by atoms with Crippen molar-refractivity contribution in [2.24, 2.45) is 0 Å². The third kappa shape index (κ3) is 2.90. The smallest absolute Gasteiger partial charge is 0.339 e. The number of carbonyl (C=O) groups is 1. The van der Waals surface area contributed by atoms with Crippen LogP contribution in [-0.2, 0) is 0 Å². The van der Waals surface area contributed by atoms with Crippen LogP contribution in [-0.4, -0.2) is 16.1 Å². The third-order valence-corrected chi connectivity index (χ3v) is 2.63. The van der Waals surface area contributed by atoms with Gasteiger partial charge in [-0.05, 0) is 32.0 Å². The molecule has 0 amide bonds. The van der Waals surface area contributed by atoms with E-state index >= 15 is 0 Å². The number of pyridine rings is 1. The Morgan fingerprint density at radius 3 is 2.84 bits per heavy atom. The number of carboxylic acid groups (broad SMARTS) is 1. The summed E-state index contributed by atoms with van der Waals surface area (Å²) in [4.78, 5) is 14.8. The van der Waals surface area contributed by atoms with Gasteiger partial charge >= 0.3 is 5.97 Å². The lowest BCUT2D eigenvalue weighted by molar-refractivity contribution is 0.0697. The minimum absolute atomic E-state index is 0.107. The van der Waals surface area contributed by atoms with E-state index in [1.807, 2.05) is 13.0 Å². The fourth-order valence-corrected chi connectivity index (χ4v) is 1.68. The summed E-state index contributed by atoms with van der Waals surface area (Å²) in [6.45, 7) is 3.62. The van der Waals surface area contributed by atoms with Crippen molar-refractivity contribution in [1.29, 1.82) is 0 Å². The highest BCUT2D eigenvalue weighted by Crippen LogP contribution is 2.22. The number of nitrogens with zero attached hydrogens (tertiary/aromatic N) is 1. The lowest BCUT2D eigenvalue weighted by Gasteiger charge is -2.13. The summed E-state index contributed by atoms with van der Waals surface area (Å²) >= 11 is 0. The minimum Gasteiger partial charge on any atom is -0.478 e. The van der Waals surface area contributed by atoms with Gasteiger partial charge in [0.15, 0.2) is 0 Å². The van der Waals surface area contributed by atoms with E-state index in [-0.39, 0.29) is 17.4 Å². The number of furan rings is 1. The van der Waals surface area contributed by atoms with Gasteiger partial charge in [0, 0.05) is 0 Å². The number of aromatic carboxylic acids is 1. The van der Waals surface area contributed by atoms with Crippen molar-refractivity contribution in [2.45, 2.75) is 19.9 Å². The second-order valence-electron chi connectivity index (χ2n) is 4.17. The number of carboxylic acids is 1. The first kappa shape index (κ1) is 13.1. The van der Waals surface area contributed by atoms with Gasteiger partial charge in [-0.25, -0.2) is 14.2 Å². The molecule has 2 N–H and O–H groups in total. The molecule has 0 saturated heterocycles. The molecule has 1 atom stereocenters. The van der Waals surface area contributed by atoms with Crippen LogP contribution in [0.15, 0.2) is 28.8 Å². The number of rotatable bonds is 4. The summed E-state index contributed by atoms with van der Waals surface area (Å²) in [6.07, 6.45) is 0.967. The van der Waals surface area contributed by atoms with Crippen LogP contribution in [0.4, 0.5) is 10.2 Å². The zero-order valence-electron chi connectivity index (χ0n) is 10.5. The van der Waals surface area contributed by atoms with Gasteiger partial charge in [0.1, 0.15) is 28.7 Å². The van der Waals surface area contributed by atoms with Crippen molar-refractivity contribution in [3.63, 3.8) is 0 Å². The molecule has 0 bridgehead atoms. The van der Waals surface area contributed by atoms with Crippen LogP contribution in [0.5, 0.6) is 0 Å². The maximum atomic E-state index is 13.0. The van der Waals surface area contributed by atoms with Gasteiger partial charge in [-0.15, -0.1) is 0 Å². The van der Waals surface area contributed by atoms with Gasteiger partial charge < -0.3 is 14.8 Å². The quantitative estimate of drug-likeness (QED) is 0.887. The number of aryl methyl sites for hydroxylation is 1. The van der Waals surface area contributed by atoms with Crippen LogP contribution < -0.4 is 5.32 Å². The first-order valence-electron chi connectivity index (χ1n) is 5.69. The highest BCUT2D eigenvalue weighted by molar-refractivity contribution is 5.93. The summed E-state index contributed by atoms with van der Waals surface area (Å²) < 4.78 is 18.4. The molecule has 19 heavy (non-hydrogen) atoms. The molecule has 0 aliphatic rings. The Kier molecular flexibility index (Phi) is 3.50. The van der Waals surface area contributed by atoms with Gasteiger partial charge in [0.05, 0.1) is 12.2 Å². The summed E-state index contributed by atoms with van der Waals surface area (Å²) in [5.41, 5.74) is -0.213. The van der Waals surface area contributed by atoms with E-state index in [0.29, 0.717) is 5.76 Å². The van der Waals surface area contributed by atoms with E-state index in [1.165, 1.54) is 0 Å². The normalized spacial score (nSPS) is 12.2. The predicted molar refractivity (Wildman–Crippen MR) is 66.6 cm³/mol. The van der Waals surface area contributed by atoms with E-state index in [4.69, 9.17) is 9.52 Å². The number of aromatic nitrogens is 1. The third-order valence-electron chi connectivity index (χ3n) is 2.63. The molecule has 2 heterocycles. The standard InChI is InChI=1S/C13H13FN2O3/c1-7-3-4-11(19-7)8(2)16-12-10(13(17)18)5-9(14)6-15-12/h3-6,8H,1-2H3,(H,15,16)(H,17,18). The fourth-order valence-electron chi connectivity index (χ4n) is 1.68. The zero-order valence-corrected chi connectivity index (χ0v) is 10.5. The predicted octanol–water partition coefficient (Wildman–Crippen LogP) is 2.99. The van der Waals surface area contributed by atoms with Crippen molar-refractivity contribution in [1.82, 2.24) is 4.98 Å². The number of halogens is 1. The van der Waals surface area contributed by atoms with E-state index in [0.717, 1.165) is 18.0 Å². The summed E-state index contributed by atoms with van der Waals surface area (Å²) in [5.74, 6) is -0.411. The van der Waals surface area contributed by atoms with Crippen molar-refractivity contribution in [3.05, 3.63) is 47.3 Å². The average Bonchev–Trinajstić information content (AvgIpc) is 2.78. The van der Waals surface area contributed by atoms with Crippen molar-refractivity contribution >= 4 is 11.8 Å². The molecule has 0 saturated carbocycles. The summed E-state index contributed by atoms with van der Waals surface area (Å²) in [6, 6.07) is 4.25. The molecule has 0 aromatic carbocycles. The summed E-state index contributed by atoms with van der Waals surface area (Å²) in [7, 11) is 0. The SMILES string of the molecule is Cc1ccc(C(C)Nc2ncc(F)cc2C(=O)O)o1. The minimum atomic E-state index is -1.24. The first-order chi connectivity index (χ1) is 8.97. The largest absolute Gasteiger partial charge is 0.478 e. The molecule has 0 fully saturated rings. The molecular formula is C13H13FN2O3. The van der Waals surface area contributed by atoms with E-state index in [2.05, 4.69) is 10.3 Å².